The normalized spacial score (nSPS) is 25.6. The lowest BCUT2D eigenvalue weighted by Gasteiger charge is -2.29. The van der Waals surface area contributed by atoms with Crippen LogP contribution in [0.1, 0.15) is 71.4 Å². The molecule has 268 valence electrons. The van der Waals surface area contributed by atoms with E-state index in [1.54, 1.807) is 35.2 Å². The Morgan fingerprint density at radius 2 is 1.86 bits per heavy atom. The largest absolute Gasteiger partial charge is 0.445 e. The molecule has 4 aromatic rings. The number of para-hydroxylation sites is 3. The van der Waals surface area contributed by atoms with Gasteiger partial charge in [0.25, 0.3) is 5.91 Å². The van der Waals surface area contributed by atoms with E-state index < -0.39 is 35.5 Å². The summed E-state index contributed by atoms with van der Waals surface area (Å²) in [7, 11) is 0. The number of allylic oxidation sites excluding steroid dienone is 1. The fourth-order valence-corrected chi connectivity index (χ4v) is 7.72. The number of aromatic nitrogens is 2. The fraction of sp³-hybridized carbons (Fsp3) is 0.447. The maximum Gasteiger partial charge on any atom is 0.394 e. The van der Waals surface area contributed by atoms with Crippen molar-refractivity contribution in [3.63, 3.8) is 0 Å². The van der Waals surface area contributed by atoms with Gasteiger partial charge in [-0.25, -0.2) is 4.98 Å². The summed E-state index contributed by atoms with van der Waals surface area (Å²) in [5.41, 5.74) is 3.36. The molecular formula is C38H44N6O6S. The molecule has 0 radical (unpaired) electrons. The summed E-state index contributed by atoms with van der Waals surface area (Å²) in [6, 6.07) is 14.7. The molecule has 4 heterocycles. The average molecular weight is 713 g/mol. The Hall–Kier alpha value is -4.91. The molecule has 5 atom stereocenters. The van der Waals surface area contributed by atoms with Gasteiger partial charge in [0.1, 0.15) is 29.2 Å². The topological polar surface area (TPSA) is 148 Å². The van der Waals surface area contributed by atoms with Crippen molar-refractivity contribution in [1.82, 2.24) is 25.7 Å². The molecular weight excluding hydrogens is 669 g/mol. The Bertz CT molecular complexity index is 1870. The van der Waals surface area contributed by atoms with Gasteiger partial charge in [0, 0.05) is 23.1 Å². The van der Waals surface area contributed by atoms with Crippen LogP contribution < -0.4 is 25.7 Å². The number of benzene rings is 2. The number of hydrogen-bond donors (Lipinski definition) is 3. The summed E-state index contributed by atoms with van der Waals surface area (Å²) in [5, 5.41) is 9.15. The average Bonchev–Trinajstić information content (AvgIpc) is 3.49. The van der Waals surface area contributed by atoms with E-state index in [2.05, 4.69) is 47.9 Å². The summed E-state index contributed by atoms with van der Waals surface area (Å²) in [6.45, 7) is 6.44. The highest BCUT2D eigenvalue weighted by molar-refractivity contribution is 7.13. The Kier molecular flexibility index (Phi) is 9.73. The molecule has 3 amide bonds. The monoisotopic (exact) mass is 712 g/mol. The number of fused-ring (bicyclic) bond motifs is 3. The van der Waals surface area contributed by atoms with Crippen molar-refractivity contribution in [2.45, 2.75) is 94.9 Å². The van der Waals surface area contributed by atoms with Gasteiger partial charge >= 0.3 is 6.08 Å². The lowest BCUT2D eigenvalue weighted by atomic mass is 9.93. The maximum absolute atomic E-state index is 14.6. The number of anilines is 1. The van der Waals surface area contributed by atoms with Crippen LogP contribution in [0.4, 0.5) is 5.13 Å². The second kappa shape index (κ2) is 14.4. The van der Waals surface area contributed by atoms with Gasteiger partial charge in [-0.3, -0.25) is 14.4 Å². The van der Waals surface area contributed by atoms with E-state index >= 15 is 0 Å². The zero-order chi connectivity index (χ0) is 35.6. The molecule has 2 aliphatic heterocycles. The molecule has 3 aliphatic rings. The number of oxazole rings is 1. The van der Waals surface area contributed by atoms with Crippen LogP contribution >= 0.6 is 11.3 Å². The number of carbonyl (C=O) groups is 3. The molecule has 1 saturated carbocycles. The first-order chi connectivity index (χ1) is 24.6. The molecule has 51 heavy (non-hydrogen) atoms. The molecule has 2 aromatic heterocycles. The Morgan fingerprint density at radius 1 is 1.06 bits per heavy atom. The number of carbonyl (C=O) groups excluding carboxylic acids is 3. The minimum Gasteiger partial charge on any atom is -0.445 e. The van der Waals surface area contributed by atoms with Gasteiger partial charge in [0.2, 0.25) is 11.8 Å². The summed E-state index contributed by atoms with van der Waals surface area (Å²) >= 11 is 1.47. The van der Waals surface area contributed by atoms with Gasteiger partial charge in [-0.05, 0) is 49.9 Å². The highest BCUT2D eigenvalue weighted by Crippen LogP contribution is 2.45. The van der Waals surface area contributed by atoms with Crippen molar-refractivity contribution >= 4 is 45.3 Å². The van der Waals surface area contributed by atoms with Gasteiger partial charge < -0.3 is 29.5 Å². The highest BCUT2D eigenvalue weighted by atomic mass is 32.1. The number of nitrogens with zero attached hydrogens (tertiary/aromatic N) is 3. The van der Waals surface area contributed by atoms with Crippen LogP contribution in [0.2, 0.25) is 0 Å². The number of nitrogens with one attached hydrogen (secondary N) is 3. The molecule has 1 aliphatic carbocycles. The van der Waals surface area contributed by atoms with Gasteiger partial charge in [0.15, 0.2) is 16.5 Å². The van der Waals surface area contributed by atoms with E-state index in [-0.39, 0.29) is 36.3 Å². The third-order valence-corrected chi connectivity index (χ3v) is 10.5. The molecule has 7 rings (SSSR count). The second-order valence-electron chi connectivity index (χ2n) is 14.6. The summed E-state index contributed by atoms with van der Waals surface area (Å²) in [4.78, 5) is 59.1. The number of hydrogen-bond acceptors (Lipinski definition) is 10. The van der Waals surface area contributed by atoms with Crippen LogP contribution in [-0.2, 0) is 19.8 Å². The van der Waals surface area contributed by atoms with Crippen molar-refractivity contribution in [2.24, 2.45) is 5.92 Å². The van der Waals surface area contributed by atoms with E-state index in [4.69, 9.17) is 19.0 Å². The zero-order valence-corrected chi connectivity index (χ0v) is 29.9. The van der Waals surface area contributed by atoms with E-state index in [0.29, 0.717) is 34.8 Å². The molecule has 0 spiro atoms. The maximum atomic E-state index is 14.6. The minimum absolute atomic E-state index is 0.0743. The quantitative estimate of drug-likeness (QED) is 0.157. The highest BCUT2D eigenvalue weighted by Gasteiger charge is 2.61. The molecule has 2 fully saturated rings. The molecule has 12 nitrogen and oxygen atoms in total. The lowest BCUT2D eigenvalue weighted by molar-refractivity contribution is -0.141. The summed E-state index contributed by atoms with van der Waals surface area (Å²) < 4.78 is 12.0. The van der Waals surface area contributed by atoms with Crippen molar-refractivity contribution in [2.75, 3.05) is 11.9 Å². The zero-order valence-electron chi connectivity index (χ0n) is 29.1. The van der Waals surface area contributed by atoms with E-state index in [9.17, 15) is 14.4 Å². The fourth-order valence-electron chi connectivity index (χ4n) is 6.73. The first kappa shape index (κ1) is 34.5. The van der Waals surface area contributed by atoms with Crippen LogP contribution in [0.5, 0.6) is 11.8 Å². The number of amides is 3. The number of hydroxylamine groups is 1. The second-order valence-corrected chi connectivity index (χ2v) is 15.5. The molecule has 2 aromatic carbocycles. The lowest BCUT2D eigenvalue weighted by Crippen LogP contribution is -2.57. The molecule has 0 bridgehead atoms. The number of thiazole rings is 1. The van der Waals surface area contributed by atoms with Crippen LogP contribution in [0, 0.1) is 5.92 Å². The third kappa shape index (κ3) is 7.73. The van der Waals surface area contributed by atoms with E-state index in [1.807, 2.05) is 35.7 Å². The predicted octanol–water partition coefficient (Wildman–Crippen LogP) is 5.92. The Labute approximate surface area is 300 Å². The number of ether oxygens (including phenoxy) is 1. The van der Waals surface area contributed by atoms with Gasteiger partial charge in [-0.2, -0.15) is 10.5 Å². The molecule has 3 N–H and O–H groups in total. The first-order valence-corrected chi connectivity index (χ1v) is 18.5. The van der Waals surface area contributed by atoms with Gasteiger partial charge in [0.05, 0.1) is 12.2 Å². The van der Waals surface area contributed by atoms with Crippen LogP contribution in [0.25, 0.3) is 11.1 Å². The predicted molar refractivity (Wildman–Crippen MR) is 193 cm³/mol. The Balaban J connectivity index is 1.16. The molecule has 13 heteroatoms. The SMILES string of the molecule is CC(C)(C)c1csc(N[C@H]2CCCCCC=C[C@@H]3C[C@@]3(C(=O)NOc3ccccc3)NC(=O)[C@@H]3C[C@@H](Oc4nc5ccccc5o4)CN3C2=O)n1. The van der Waals surface area contributed by atoms with Crippen LogP contribution in [0.3, 0.4) is 0 Å². The van der Waals surface area contributed by atoms with E-state index in [0.717, 1.165) is 31.4 Å². The van der Waals surface area contributed by atoms with Crippen molar-refractivity contribution in [1.29, 1.82) is 0 Å². The van der Waals surface area contributed by atoms with Crippen LogP contribution in [-0.4, -0.2) is 62.9 Å². The minimum atomic E-state index is -1.22. The first-order valence-electron chi connectivity index (χ1n) is 17.7. The van der Waals surface area contributed by atoms with Crippen LogP contribution in [0.15, 0.2) is 76.5 Å². The number of rotatable bonds is 7. The van der Waals surface area contributed by atoms with Crippen molar-refractivity contribution in [3.05, 3.63) is 77.8 Å². The third-order valence-electron chi connectivity index (χ3n) is 9.76. The van der Waals surface area contributed by atoms with Gasteiger partial charge in [-0.15, -0.1) is 11.3 Å². The molecule has 1 saturated heterocycles. The van der Waals surface area contributed by atoms with Crippen molar-refractivity contribution < 1.29 is 28.4 Å². The van der Waals surface area contributed by atoms with Gasteiger partial charge in [-0.1, -0.05) is 76.1 Å². The van der Waals surface area contributed by atoms with E-state index in [1.165, 1.54) is 11.3 Å². The summed E-state index contributed by atoms with van der Waals surface area (Å²) in [5.74, 6) is -0.863. The van der Waals surface area contributed by atoms with Crippen molar-refractivity contribution in [3.8, 4) is 11.8 Å². The Morgan fingerprint density at radius 3 is 2.65 bits per heavy atom. The molecule has 0 unspecified atom stereocenters. The standard InChI is InChI=1S/C38H44N6O6S/c1-37(2,3)31-23-51-35(41-31)39-28-18-11-6-4-5-8-14-24-21-38(24,34(47)43-50-25-15-9-7-10-16-25)42-32(45)29-20-26(22-44(29)33(28)46)48-36-40-27-17-12-13-19-30(27)49-36/h7-10,12-17,19,23-24,26,28-29H,4-6,11,18,20-22H2,1-3H3,(H,39,41)(H,42,45)(H,43,47)/t24-,26-,28+,29+,38-/m1/s1. The smallest absolute Gasteiger partial charge is 0.394 e. The summed E-state index contributed by atoms with van der Waals surface area (Å²) in [6.07, 6.45) is 8.26.